The average molecular weight is 469 g/mol. The van der Waals surface area contributed by atoms with Crippen LogP contribution in [0.2, 0.25) is 0 Å². The van der Waals surface area contributed by atoms with Gasteiger partial charge in [-0.05, 0) is 60.9 Å². The van der Waals surface area contributed by atoms with E-state index in [0.29, 0.717) is 31.0 Å². The first-order chi connectivity index (χ1) is 16.0. The number of para-hydroxylation sites is 1. The topological polar surface area (TPSA) is 82.7 Å². The van der Waals surface area contributed by atoms with Gasteiger partial charge in [-0.3, -0.25) is 10.9 Å². The second kappa shape index (κ2) is 9.56. The van der Waals surface area contributed by atoms with Crippen molar-refractivity contribution >= 4 is 10.0 Å². The van der Waals surface area contributed by atoms with E-state index in [-0.39, 0.29) is 12.1 Å². The lowest BCUT2D eigenvalue weighted by Crippen LogP contribution is -2.56. The highest BCUT2D eigenvalue weighted by atomic mass is 32.2. The molecule has 5 unspecified atom stereocenters. The maximum atomic E-state index is 12.4. The van der Waals surface area contributed by atoms with Crippen molar-refractivity contribution in [2.45, 2.75) is 37.4 Å². The second-order valence-electron chi connectivity index (χ2n) is 9.25. The number of rotatable bonds is 6. The van der Waals surface area contributed by atoms with Crippen molar-refractivity contribution in [3.05, 3.63) is 72.1 Å². The quantitative estimate of drug-likeness (QED) is 0.604. The van der Waals surface area contributed by atoms with E-state index in [1.807, 2.05) is 42.5 Å². The van der Waals surface area contributed by atoms with Gasteiger partial charge in [-0.2, -0.15) is 4.31 Å². The van der Waals surface area contributed by atoms with Gasteiger partial charge in [-0.1, -0.05) is 36.9 Å². The van der Waals surface area contributed by atoms with Gasteiger partial charge in [0.05, 0.1) is 0 Å². The molecule has 0 spiro atoms. The van der Waals surface area contributed by atoms with Crippen LogP contribution in [0.4, 0.5) is 0 Å². The SMILES string of the molecule is C=CS(=O)(=O)N1CCCC(C2CC3CNNC3C(c3ccc(Oc4ccccc4)cc3)N2)C1. The number of hydrazine groups is 1. The molecule has 0 radical (unpaired) electrons. The first-order valence-electron chi connectivity index (χ1n) is 11.7. The van der Waals surface area contributed by atoms with Gasteiger partial charge in [-0.25, -0.2) is 8.42 Å². The monoisotopic (exact) mass is 468 g/mol. The summed E-state index contributed by atoms with van der Waals surface area (Å²) in [6, 6.07) is 18.8. The minimum absolute atomic E-state index is 0.140. The standard InChI is InChI=1S/C25H32N4O3S/c1-2-33(30,31)29-14-6-7-19(17-29)23-15-20-16-26-28-25(20)24(27-23)18-10-12-22(13-11-18)32-21-8-4-3-5-9-21/h2-5,8-13,19-20,23-28H,1,6-7,14-17H2. The molecule has 0 saturated carbocycles. The highest BCUT2D eigenvalue weighted by Crippen LogP contribution is 2.37. The number of ether oxygens (including phenoxy) is 1. The van der Waals surface area contributed by atoms with E-state index in [1.54, 1.807) is 4.31 Å². The van der Waals surface area contributed by atoms with E-state index in [9.17, 15) is 8.42 Å². The Labute approximate surface area is 196 Å². The molecule has 3 N–H and O–H groups in total. The van der Waals surface area contributed by atoms with Gasteiger partial charge in [0, 0.05) is 43.2 Å². The first kappa shape index (κ1) is 22.6. The summed E-state index contributed by atoms with van der Waals surface area (Å²) in [6.07, 6.45) is 2.95. The van der Waals surface area contributed by atoms with Crippen molar-refractivity contribution in [2.75, 3.05) is 19.6 Å². The Morgan fingerprint density at radius 3 is 2.55 bits per heavy atom. The summed E-state index contributed by atoms with van der Waals surface area (Å²) in [6.45, 7) is 5.57. The van der Waals surface area contributed by atoms with E-state index >= 15 is 0 Å². The van der Waals surface area contributed by atoms with Gasteiger partial charge >= 0.3 is 0 Å². The van der Waals surface area contributed by atoms with E-state index in [0.717, 1.165) is 42.7 Å². The summed E-state index contributed by atoms with van der Waals surface area (Å²) in [5.41, 5.74) is 8.01. The molecule has 0 aliphatic carbocycles. The minimum Gasteiger partial charge on any atom is -0.457 e. The molecule has 7 nitrogen and oxygen atoms in total. The van der Waals surface area contributed by atoms with Crippen LogP contribution in [0, 0.1) is 11.8 Å². The van der Waals surface area contributed by atoms with Crippen molar-refractivity contribution in [3.8, 4) is 11.5 Å². The zero-order valence-electron chi connectivity index (χ0n) is 18.7. The van der Waals surface area contributed by atoms with E-state index in [1.165, 1.54) is 5.56 Å². The zero-order chi connectivity index (χ0) is 22.8. The summed E-state index contributed by atoms with van der Waals surface area (Å²) >= 11 is 0. The number of hydrogen-bond donors (Lipinski definition) is 3. The second-order valence-corrected chi connectivity index (χ2v) is 11.1. The molecule has 3 heterocycles. The van der Waals surface area contributed by atoms with Crippen LogP contribution in [0.3, 0.4) is 0 Å². The van der Waals surface area contributed by atoms with E-state index in [2.05, 4.69) is 34.9 Å². The Bertz CT molecular complexity index is 1060. The molecule has 3 saturated heterocycles. The van der Waals surface area contributed by atoms with E-state index in [4.69, 9.17) is 4.74 Å². The molecule has 5 rings (SSSR count). The number of piperidine rings is 2. The Morgan fingerprint density at radius 2 is 1.79 bits per heavy atom. The van der Waals surface area contributed by atoms with Crippen LogP contribution in [0.15, 0.2) is 66.6 Å². The van der Waals surface area contributed by atoms with Crippen LogP contribution < -0.4 is 20.9 Å². The number of fused-ring (bicyclic) bond motifs is 1. The van der Waals surface area contributed by atoms with Crippen molar-refractivity contribution < 1.29 is 13.2 Å². The fourth-order valence-electron chi connectivity index (χ4n) is 5.51. The van der Waals surface area contributed by atoms with Crippen LogP contribution in [0.5, 0.6) is 11.5 Å². The third-order valence-corrected chi connectivity index (χ3v) is 8.70. The molecule has 3 aliphatic rings. The summed E-state index contributed by atoms with van der Waals surface area (Å²) in [7, 11) is -3.38. The largest absolute Gasteiger partial charge is 0.457 e. The molecule has 176 valence electrons. The molecule has 3 aliphatic heterocycles. The smallest absolute Gasteiger partial charge is 0.235 e. The van der Waals surface area contributed by atoms with Crippen molar-refractivity contribution in [3.63, 3.8) is 0 Å². The number of benzene rings is 2. The van der Waals surface area contributed by atoms with Gasteiger partial charge in [0.1, 0.15) is 11.5 Å². The average Bonchev–Trinajstić information content (AvgIpc) is 3.34. The molecular formula is C25H32N4O3S. The van der Waals surface area contributed by atoms with Crippen molar-refractivity contribution in [2.24, 2.45) is 11.8 Å². The zero-order valence-corrected chi connectivity index (χ0v) is 19.5. The van der Waals surface area contributed by atoms with E-state index < -0.39 is 10.0 Å². The van der Waals surface area contributed by atoms with Crippen LogP contribution in [0.25, 0.3) is 0 Å². The predicted molar refractivity (Wildman–Crippen MR) is 129 cm³/mol. The van der Waals surface area contributed by atoms with Crippen LogP contribution in [-0.4, -0.2) is 44.4 Å². The molecular weight excluding hydrogens is 436 g/mol. The van der Waals surface area contributed by atoms with Gasteiger partial charge < -0.3 is 10.1 Å². The highest BCUT2D eigenvalue weighted by molar-refractivity contribution is 7.92. The predicted octanol–water partition coefficient (Wildman–Crippen LogP) is 3.16. The van der Waals surface area contributed by atoms with Gasteiger partial charge in [0.15, 0.2) is 0 Å². The molecule has 0 bridgehead atoms. The summed E-state index contributed by atoms with van der Waals surface area (Å²) < 4.78 is 32.3. The van der Waals surface area contributed by atoms with Gasteiger partial charge in [-0.15, -0.1) is 0 Å². The third-order valence-electron chi connectivity index (χ3n) is 7.23. The lowest BCUT2D eigenvalue weighted by Gasteiger charge is -2.44. The third kappa shape index (κ3) is 4.85. The van der Waals surface area contributed by atoms with Crippen molar-refractivity contribution in [1.82, 2.24) is 20.5 Å². The molecule has 33 heavy (non-hydrogen) atoms. The molecule has 0 amide bonds. The summed E-state index contributed by atoms with van der Waals surface area (Å²) in [5, 5.41) is 4.96. The van der Waals surface area contributed by atoms with Crippen LogP contribution in [0.1, 0.15) is 30.9 Å². The lowest BCUT2D eigenvalue weighted by atomic mass is 9.76. The number of hydrogen-bond acceptors (Lipinski definition) is 6. The normalized spacial score (nSPS) is 30.5. The number of sulfonamides is 1. The molecule has 8 heteroatoms. The summed E-state index contributed by atoms with van der Waals surface area (Å²) in [5.74, 6) is 2.41. The minimum atomic E-state index is -3.38. The number of nitrogens with zero attached hydrogens (tertiary/aromatic N) is 1. The number of nitrogens with one attached hydrogen (secondary N) is 3. The molecule has 2 aromatic rings. The summed E-state index contributed by atoms with van der Waals surface area (Å²) in [4.78, 5) is 0. The molecule has 0 aromatic heterocycles. The Balaban J connectivity index is 1.32. The maximum absolute atomic E-state index is 12.4. The molecule has 3 fully saturated rings. The van der Waals surface area contributed by atoms with Crippen LogP contribution in [-0.2, 0) is 10.0 Å². The Kier molecular flexibility index (Phi) is 6.53. The molecule has 2 aromatic carbocycles. The fraction of sp³-hybridized carbons (Fsp3) is 0.440. The Hall–Kier alpha value is -2.23. The van der Waals surface area contributed by atoms with Gasteiger partial charge in [0.2, 0.25) is 10.0 Å². The Morgan fingerprint density at radius 1 is 1.03 bits per heavy atom. The maximum Gasteiger partial charge on any atom is 0.235 e. The first-order valence-corrected chi connectivity index (χ1v) is 13.2. The fourth-order valence-corrected chi connectivity index (χ4v) is 6.50. The van der Waals surface area contributed by atoms with Gasteiger partial charge in [0.25, 0.3) is 0 Å². The molecule has 5 atom stereocenters. The lowest BCUT2D eigenvalue weighted by molar-refractivity contribution is 0.138. The van der Waals surface area contributed by atoms with Crippen LogP contribution >= 0.6 is 0 Å². The van der Waals surface area contributed by atoms with Crippen molar-refractivity contribution in [1.29, 1.82) is 0 Å². The highest BCUT2D eigenvalue weighted by Gasteiger charge is 2.44.